The minimum atomic E-state index is -3.97. The number of phenols is 1. The van der Waals surface area contributed by atoms with E-state index in [9.17, 15) is 22.7 Å². The fraction of sp³-hybridized carbons (Fsp3) is 0. The first-order valence-corrected chi connectivity index (χ1v) is 11.2. The van der Waals surface area contributed by atoms with Crippen molar-refractivity contribution in [3.63, 3.8) is 0 Å². The van der Waals surface area contributed by atoms with Gasteiger partial charge in [0.15, 0.2) is 0 Å². The number of sulfone groups is 1. The SMILES string of the molecule is O=C(Nc1cc(S(=O)(=O)c2ccc([18F])cc2)ccc1Cl)c1cc(Cl)cc(I)c1O. The first-order valence-electron chi connectivity index (χ1n) is 7.89. The number of hydrogen-bond donors (Lipinski definition) is 2. The van der Waals surface area contributed by atoms with Gasteiger partial charge in [0.05, 0.1) is 29.6 Å². The van der Waals surface area contributed by atoms with E-state index in [1.54, 1.807) is 0 Å². The van der Waals surface area contributed by atoms with Gasteiger partial charge in [0.2, 0.25) is 9.84 Å². The molecule has 0 aromatic heterocycles. The van der Waals surface area contributed by atoms with Crippen LogP contribution in [0.2, 0.25) is 10.0 Å². The molecule has 0 spiro atoms. The van der Waals surface area contributed by atoms with Gasteiger partial charge < -0.3 is 10.4 Å². The second kappa shape index (κ2) is 8.47. The predicted octanol–water partition coefficient (Wildman–Crippen LogP) is 5.53. The molecule has 3 aromatic rings. The molecule has 0 aliphatic carbocycles. The lowest BCUT2D eigenvalue weighted by atomic mass is 10.2. The van der Waals surface area contributed by atoms with Gasteiger partial charge in [-0.1, -0.05) is 23.2 Å². The normalized spacial score (nSPS) is 11.3. The zero-order valence-corrected chi connectivity index (χ0v) is 18.8. The second-order valence-corrected chi connectivity index (χ2v) is 9.79. The molecule has 3 aromatic carbocycles. The molecular weight excluding hydrogens is 554 g/mol. The van der Waals surface area contributed by atoms with Crippen LogP contribution < -0.4 is 5.32 Å². The third-order valence-electron chi connectivity index (χ3n) is 3.89. The van der Waals surface area contributed by atoms with Gasteiger partial charge in [-0.05, 0) is 77.2 Å². The molecule has 0 saturated carbocycles. The minimum absolute atomic E-state index is 0.0224. The van der Waals surface area contributed by atoms with Crippen LogP contribution in [0, 0.1) is 9.39 Å². The summed E-state index contributed by atoms with van der Waals surface area (Å²) in [7, 11) is -3.97. The third kappa shape index (κ3) is 4.66. The van der Waals surface area contributed by atoms with Crippen molar-refractivity contribution in [2.75, 3.05) is 5.32 Å². The number of hydrogen-bond acceptors (Lipinski definition) is 4. The molecule has 0 heterocycles. The van der Waals surface area contributed by atoms with Gasteiger partial charge in [-0.15, -0.1) is 0 Å². The van der Waals surface area contributed by atoms with Gasteiger partial charge in [-0.2, -0.15) is 0 Å². The molecule has 5 nitrogen and oxygen atoms in total. The Hall–Kier alpha value is -1.88. The van der Waals surface area contributed by atoms with Crippen LogP contribution in [0.25, 0.3) is 0 Å². The molecule has 0 saturated heterocycles. The molecule has 0 bridgehead atoms. The number of phenolic OH excluding ortho intramolecular Hbond substituents is 1. The zero-order valence-electron chi connectivity index (χ0n) is 14.3. The molecule has 3 rings (SSSR count). The highest BCUT2D eigenvalue weighted by Gasteiger charge is 2.21. The van der Waals surface area contributed by atoms with Crippen LogP contribution in [0.15, 0.2) is 64.4 Å². The Morgan fingerprint density at radius 2 is 1.62 bits per heavy atom. The van der Waals surface area contributed by atoms with Gasteiger partial charge in [0.1, 0.15) is 11.6 Å². The summed E-state index contributed by atoms with van der Waals surface area (Å²) in [6.45, 7) is 0. The number of rotatable bonds is 4. The Morgan fingerprint density at radius 1 is 1.00 bits per heavy atom. The van der Waals surface area contributed by atoms with E-state index in [2.05, 4.69) is 5.32 Å². The lowest BCUT2D eigenvalue weighted by Crippen LogP contribution is -2.13. The van der Waals surface area contributed by atoms with Crippen LogP contribution in [-0.2, 0) is 9.84 Å². The number of benzene rings is 3. The largest absolute Gasteiger partial charge is 0.506 e. The molecule has 10 heteroatoms. The van der Waals surface area contributed by atoms with Crippen molar-refractivity contribution in [1.29, 1.82) is 0 Å². The maximum atomic E-state index is 13.1. The molecule has 150 valence electrons. The Morgan fingerprint density at radius 3 is 2.28 bits per heavy atom. The quantitative estimate of drug-likeness (QED) is 0.322. The third-order valence-corrected chi connectivity index (χ3v) is 7.03. The lowest BCUT2D eigenvalue weighted by Gasteiger charge is -2.12. The Bertz CT molecular complexity index is 1220. The zero-order chi connectivity index (χ0) is 21.3. The number of halogens is 4. The van der Waals surface area contributed by atoms with Crippen molar-refractivity contribution in [1.82, 2.24) is 0 Å². The average molecular weight is 565 g/mol. The van der Waals surface area contributed by atoms with Crippen LogP contribution in [0.4, 0.5) is 10.1 Å². The Balaban J connectivity index is 1.98. The summed E-state index contributed by atoms with van der Waals surface area (Å²) in [5, 5.41) is 12.9. The smallest absolute Gasteiger partial charge is 0.259 e. The molecule has 1 amide bonds. The molecule has 0 radical (unpaired) electrons. The van der Waals surface area contributed by atoms with Gasteiger partial charge in [0.25, 0.3) is 5.91 Å². The summed E-state index contributed by atoms with van der Waals surface area (Å²) >= 11 is 13.9. The minimum Gasteiger partial charge on any atom is -0.506 e. The fourth-order valence-electron chi connectivity index (χ4n) is 2.45. The van der Waals surface area contributed by atoms with Crippen molar-refractivity contribution >= 4 is 67.2 Å². The number of amides is 1. The van der Waals surface area contributed by atoms with E-state index in [1.165, 1.54) is 30.3 Å². The lowest BCUT2D eigenvalue weighted by molar-refractivity contribution is 0.102. The van der Waals surface area contributed by atoms with Crippen molar-refractivity contribution in [2.45, 2.75) is 9.79 Å². The Kier molecular flexibility index (Phi) is 6.37. The second-order valence-electron chi connectivity index (χ2n) is 5.84. The van der Waals surface area contributed by atoms with Crippen LogP contribution in [-0.4, -0.2) is 19.4 Å². The summed E-state index contributed by atoms with van der Waals surface area (Å²) < 4.78 is 39.0. The molecular formula is C19H11Cl2FINO4S. The number of carbonyl (C=O) groups is 1. The number of carbonyl (C=O) groups excluding carboxylic acids is 1. The number of aromatic hydroxyl groups is 1. The van der Waals surface area contributed by atoms with Crippen molar-refractivity contribution in [2.24, 2.45) is 0 Å². The Labute approximate surface area is 189 Å². The van der Waals surface area contributed by atoms with E-state index < -0.39 is 21.6 Å². The van der Waals surface area contributed by atoms with E-state index in [-0.39, 0.29) is 36.8 Å². The number of nitrogens with one attached hydrogen (secondary N) is 1. The highest BCUT2D eigenvalue weighted by molar-refractivity contribution is 14.1. The molecule has 0 fully saturated rings. The number of anilines is 1. The van der Waals surface area contributed by atoms with Gasteiger partial charge in [-0.25, -0.2) is 12.8 Å². The fourth-order valence-corrected chi connectivity index (χ4v) is 4.93. The molecule has 2 N–H and O–H groups in total. The van der Waals surface area contributed by atoms with Crippen LogP contribution in [0.3, 0.4) is 0 Å². The highest BCUT2D eigenvalue weighted by atomic mass is 127. The maximum absolute atomic E-state index is 13.1. The van der Waals surface area contributed by atoms with Crippen molar-refractivity contribution < 1.29 is 22.7 Å². The maximum Gasteiger partial charge on any atom is 0.259 e. The average Bonchev–Trinajstić information content (AvgIpc) is 2.66. The van der Waals surface area contributed by atoms with E-state index in [0.29, 0.717) is 3.57 Å². The first-order chi connectivity index (χ1) is 13.6. The summed E-state index contributed by atoms with van der Waals surface area (Å²) in [6.07, 6.45) is 0. The molecule has 0 aliphatic heterocycles. The van der Waals surface area contributed by atoms with E-state index in [4.69, 9.17) is 23.2 Å². The first kappa shape index (κ1) is 21.8. The van der Waals surface area contributed by atoms with Crippen molar-refractivity contribution in [3.8, 4) is 5.75 Å². The predicted molar refractivity (Wildman–Crippen MR) is 117 cm³/mol. The van der Waals surface area contributed by atoms with Crippen LogP contribution >= 0.6 is 45.8 Å². The molecule has 0 unspecified atom stereocenters. The van der Waals surface area contributed by atoms with E-state index in [1.807, 2.05) is 22.6 Å². The summed E-state index contributed by atoms with van der Waals surface area (Å²) in [5.41, 5.74) is -0.0704. The van der Waals surface area contributed by atoms with E-state index >= 15 is 0 Å². The molecule has 0 aliphatic rings. The van der Waals surface area contributed by atoms with Crippen LogP contribution in [0.1, 0.15) is 10.4 Å². The summed E-state index contributed by atoms with van der Waals surface area (Å²) in [6, 6.07) is 10.9. The highest BCUT2D eigenvalue weighted by Crippen LogP contribution is 2.32. The monoisotopic (exact) mass is 564 g/mol. The molecule has 0 atom stereocenters. The summed E-state index contributed by atoms with van der Waals surface area (Å²) in [5.74, 6) is -1.55. The standard InChI is InChI=1S/C19H11Cl2FINO4S/c20-10-7-14(18(25)16(23)8-10)19(26)24-17-9-13(5-6-15(17)21)29(27,28)12-3-1-11(22)2-4-12/h1-9,25H,(H,24,26)/i22-1. The van der Waals surface area contributed by atoms with Crippen molar-refractivity contribution in [3.05, 3.63) is 79.6 Å². The summed E-state index contributed by atoms with van der Waals surface area (Å²) in [4.78, 5) is 12.3. The van der Waals surface area contributed by atoms with Gasteiger partial charge in [-0.3, -0.25) is 4.79 Å². The van der Waals surface area contributed by atoms with Gasteiger partial charge in [0, 0.05) is 5.02 Å². The van der Waals surface area contributed by atoms with Crippen LogP contribution in [0.5, 0.6) is 5.75 Å². The van der Waals surface area contributed by atoms with E-state index in [0.717, 1.165) is 24.3 Å². The topological polar surface area (TPSA) is 83.5 Å². The molecule has 29 heavy (non-hydrogen) atoms. The van der Waals surface area contributed by atoms with Gasteiger partial charge >= 0.3 is 0 Å².